The molecule has 0 aliphatic heterocycles. The Hall–Kier alpha value is -1.52. The molecule has 6 heteroatoms. The summed E-state index contributed by atoms with van der Waals surface area (Å²) in [6.07, 6.45) is 2.70. The zero-order chi connectivity index (χ0) is 15.0. The monoisotopic (exact) mass is 324 g/mol. The molecule has 110 valence electrons. The quantitative estimate of drug-likeness (QED) is 0.892. The molecule has 0 saturated carbocycles. The number of rotatable bonds is 2. The van der Waals surface area contributed by atoms with E-state index in [0.717, 1.165) is 30.6 Å². The number of fused-ring (bicyclic) bond motifs is 1. The smallest absolute Gasteiger partial charge is 0.278 e. The third-order valence-electron chi connectivity index (χ3n) is 3.68. The highest BCUT2D eigenvalue weighted by molar-refractivity contribution is 6.35. The molecule has 4 nitrogen and oxygen atoms in total. The summed E-state index contributed by atoms with van der Waals surface area (Å²) < 4.78 is 5.28. The van der Waals surface area contributed by atoms with Gasteiger partial charge >= 0.3 is 0 Å². The van der Waals surface area contributed by atoms with Gasteiger partial charge in [-0.3, -0.25) is 4.79 Å². The van der Waals surface area contributed by atoms with Crippen molar-refractivity contribution < 1.29 is 9.32 Å². The second kappa shape index (κ2) is 5.70. The van der Waals surface area contributed by atoms with Gasteiger partial charge in [0.05, 0.1) is 10.7 Å². The zero-order valence-electron chi connectivity index (χ0n) is 11.5. The van der Waals surface area contributed by atoms with Crippen LogP contribution in [-0.2, 0) is 12.8 Å². The average Bonchev–Trinajstić information content (AvgIpc) is 2.85. The number of hydrogen-bond donors (Lipinski definition) is 1. The summed E-state index contributed by atoms with van der Waals surface area (Å²) in [6, 6.07) is 4.91. The van der Waals surface area contributed by atoms with Crippen molar-refractivity contribution in [2.24, 2.45) is 5.92 Å². The van der Waals surface area contributed by atoms with Crippen LogP contribution in [0.25, 0.3) is 0 Å². The van der Waals surface area contributed by atoms with Gasteiger partial charge < -0.3 is 9.84 Å². The predicted octanol–water partition coefficient (Wildman–Crippen LogP) is 4.36. The molecular formula is C15H14Cl2N2O2. The largest absolute Gasteiger partial charge is 0.360 e. The Morgan fingerprint density at radius 2 is 2.24 bits per heavy atom. The minimum absolute atomic E-state index is 0.321. The minimum atomic E-state index is -0.321. The lowest BCUT2D eigenvalue weighted by Crippen LogP contribution is -2.18. The molecule has 1 aromatic carbocycles. The standard InChI is InChI=1S/C15H14Cl2N2O2/c1-8-2-5-13-10(6-8)14(19-21-13)15(20)18-12-7-9(16)3-4-11(12)17/h3-4,7-8H,2,5-6H2,1H3,(H,18,20)/t8-/m0/s1. The van der Waals surface area contributed by atoms with Crippen LogP contribution in [0.1, 0.15) is 35.2 Å². The molecule has 1 amide bonds. The summed E-state index contributed by atoms with van der Waals surface area (Å²) in [7, 11) is 0. The highest BCUT2D eigenvalue weighted by Gasteiger charge is 2.27. The lowest BCUT2D eigenvalue weighted by molar-refractivity contribution is 0.101. The molecule has 1 aliphatic carbocycles. The topological polar surface area (TPSA) is 55.1 Å². The first-order valence-corrected chi connectivity index (χ1v) is 7.54. The van der Waals surface area contributed by atoms with Crippen molar-refractivity contribution in [3.05, 3.63) is 45.3 Å². The van der Waals surface area contributed by atoms with Crippen LogP contribution in [0.5, 0.6) is 0 Å². The number of aromatic nitrogens is 1. The molecule has 0 saturated heterocycles. The first-order chi connectivity index (χ1) is 10.0. The number of amides is 1. The van der Waals surface area contributed by atoms with E-state index < -0.39 is 0 Å². The van der Waals surface area contributed by atoms with E-state index in [4.69, 9.17) is 27.7 Å². The summed E-state index contributed by atoms with van der Waals surface area (Å²) in [5, 5.41) is 7.59. The molecule has 0 spiro atoms. The van der Waals surface area contributed by atoms with Gasteiger partial charge in [0.25, 0.3) is 5.91 Å². The fourth-order valence-electron chi connectivity index (χ4n) is 2.53. The van der Waals surface area contributed by atoms with Crippen molar-refractivity contribution in [3.8, 4) is 0 Å². The number of halogens is 2. The normalized spacial score (nSPS) is 17.4. The maximum atomic E-state index is 12.4. The molecule has 3 rings (SSSR count). The fraction of sp³-hybridized carbons (Fsp3) is 0.333. The van der Waals surface area contributed by atoms with Crippen LogP contribution in [0.2, 0.25) is 10.0 Å². The molecule has 0 bridgehead atoms. The second-order valence-corrected chi connectivity index (χ2v) is 6.20. The van der Waals surface area contributed by atoms with Gasteiger partial charge in [0, 0.05) is 17.0 Å². The number of benzene rings is 1. The van der Waals surface area contributed by atoms with Gasteiger partial charge in [-0.2, -0.15) is 0 Å². The summed E-state index contributed by atoms with van der Waals surface area (Å²) in [6.45, 7) is 2.16. The third-order valence-corrected chi connectivity index (χ3v) is 4.24. The Kier molecular flexibility index (Phi) is 3.91. The Labute approximate surface area is 132 Å². The van der Waals surface area contributed by atoms with E-state index in [1.165, 1.54) is 0 Å². The first-order valence-electron chi connectivity index (χ1n) is 6.78. The van der Waals surface area contributed by atoms with E-state index in [1.54, 1.807) is 18.2 Å². The number of carbonyl (C=O) groups is 1. The van der Waals surface area contributed by atoms with Crippen molar-refractivity contribution >= 4 is 34.8 Å². The Morgan fingerprint density at radius 3 is 3.05 bits per heavy atom. The van der Waals surface area contributed by atoms with Crippen LogP contribution in [0.4, 0.5) is 5.69 Å². The van der Waals surface area contributed by atoms with E-state index in [0.29, 0.717) is 27.3 Å². The Bertz CT molecular complexity index is 697. The van der Waals surface area contributed by atoms with Gasteiger partial charge in [-0.05, 0) is 37.0 Å². The number of nitrogens with zero attached hydrogens (tertiary/aromatic N) is 1. The summed E-state index contributed by atoms with van der Waals surface area (Å²) in [5.74, 6) is 1.02. The number of aryl methyl sites for hydroxylation is 1. The summed E-state index contributed by atoms with van der Waals surface area (Å²) in [5.41, 5.74) is 1.71. The molecule has 1 aromatic heterocycles. The molecule has 1 heterocycles. The van der Waals surface area contributed by atoms with Gasteiger partial charge in [0.2, 0.25) is 0 Å². The minimum Gasteiger partial charge on any atom is -0.360 e. The van der Waals surface area contributed by atoms with E-state index >= 15 is 0 Å². The van der Waals surface area contributed by atoms with Crippen LogP contribution >= 0.6 is 23.2 Å². The van der Waals surface area contributed by atoms with Gasteiger partial charge in [-0.25, -0.2) is 0 Å². The maximum absolute atomic E-state index is 12.4. The van der Waals surface area contributed by atoms with Crippen LogP contribution in [0.3, 0.4) is 0 Å². The average molecular weight is 325 g/mol. The van der Waals surface area contributed by atoms with Crippen molar-refractivity contribution in [2.75, 3.05) is 5.32 Å². The van der Waals surface area contributed by atoms with Crippen molar-refractivity contribution in [2.45, 2.75) is 26.2 Å². The van der Waals surface area contributed by atoms with E-state index in [9.17, 15) is 4.79 Å². The number of carbonyl (C=O) groups excluding carboxylic acids is 1. The van der Waals surface area contributed by atoms with Gasteiger partial charge in [0.15, 0.2) is 5.69 Å². The first kappa shape index (κ1) is 14.4. The number of hydrogen-bond acceptors (Lipinski definition) is 3. The predicted molar refractivity (Wildman–Crippen MR) is 82.1 cm³/mol. The van der Waals surface area contributed by atoms with Gasteiger partial charge in [0.1, 0.15) is 5.76 Å². The van der Waals surface area contributed by atoms with E-state index in [2.05, 4.69) is 17.4 Å². The summed E-state index contributed by atoms with van der Waals surface area (Å²) in [4.78, 5) is 12.4. The molecule has 0 unspecified atom stereocenters. The van der Waals surface area contributed by atoms with Crippen molar-refractivity contribution in [3.63, 3.8) is 0 Å². The second-order valence-electron chi connectivity index (χ2n) is 5.36. The van der Waals surface area contributed by atoms with Gasteiger partial charge in [-0.1, -0.05) is 35.3 Å². The Morgan fingerprint density at radius 1 is 1.43 bits per heavy atom. The number of anilines is 1. The van der Waals surface area contributed by atoms with Crippen LogP contribution in [-0.4, -0.2) is 11.1 Å². The highest BCUT2D eigenvalue weighted by Crippen LogP contribution is 2.30. The molecular weight excluding hydrogens is 311 g/mol. The molecule has 21 heavy (non-hydrogen) atoms. The van der Waals surface area contributed by atoms with E-state index in [-0.39, 0.29) is 5.91 Å². The van der Waals surface area contributed by atoms with Crippen molar-refractivity contribution in [1.82, 2.24) is 5.16 Å². The SMILES string of the molecule is C[C@H]1CCc2onc(C(=O)Nc3cc(Cl)ccc3Cl)c2C1. The van der Waals surface area contributed by atoms with Crippen LogP contribution in [0, 0.1) is 5.92 Å². The lowest BCUT2D eigenvalue weighted by atomic mass is 9.88. The highest BCUT2D eigenvalue weighted by atomic mass is 35.5. The maximum Gasteiger partial charge on any atom is 0.278 e. The molecule has 0 fully saturated rings. The molecule has 0 radical (unpaired) electrons. The Balaban J connectivity index is 1.86. The van der Waals surface area contributed by atoms with Crippen LogP contribution < -0.4 is 5.32 Å². The zero-order valence-corrected chi connectivity index (χ0v) is 13.0. The van der Waals surface area contributed by atoms with Crippen molar-refractivity contribution in [1.29, 1.82) is 0 Å². The van der Waals surface area contributed by atoms with Crippen LogP contribution in [0.15, 0.2) is 22.7 Å². The molecule has 1 N–H and O–H groups in total. The number of nitrogens with one attached hydrogen (secondary N) is 1. The fourth-order valence-corrected chi connectivity index (χ4v) is 2.87. The lowest BCUT2D eigenvalue weighted by Gasteiger charge is -2.16. The van der Waals surface area contributed by atoms with Gasteiger partial charge in [-0.15, -0.1) is 0 Å². The van der Waals surface area contributed by atoms with E-state index in [1.807, 2.05) is 0 Å². The molecule has 1 atom stereocenters. The summed E-state index contributed by atoms with van der Waals surface area (Å²) >= 11 is 12.0. The third kappa shape index (κ3) is 2.92. The molecule has 2 aromatic rings. The molecule has 1 aliphatic rings.